The molecule has 0 aliphatic rings. The molecule has 0 saturated heterocycles. The smallest absolute Gasteiger partial charge is 0.408 e. The summed E-state index contributed by atoms with van der Waals surface area (Å²) in [5.41, 5.74) is 3.87. The van der Waals surface area contributed by atoms with Gasteiger partial charge in [-0.1, -0.05) is 0 Å². The highest BCUT2D eigenvalue weighted by molar-refractivity contribution is 6.10. The average molecular weight is 241 g/mol. The first-order valence-corrected chi connectivity index (χ1v) is 4.89. The lowest BCUT2D eigenvalue weighted by Crippen LogP contribution is -2.08. The molecule has 0 aliphatic heterocycles. The molecule has 0 atom stereocenters. The Balaban J connectivity index is 2.40. The number of nitrogens with zero attached hydrogens (tertiary/aromatic N) is 4. The number of hydrazone groups is 1. The average Bonchev–Trinajstić information content (AvgIpc) is 2.67. The molecule has 0 radical (unpaired) electrons. The second kappa shape index (κ2) is 4.44. The number of hydrogen-bond donors (Lipinski definition) is 1. The number of hydrogen-bond acceptors (Lipinski definition) is 6. The van der Waals surface area contributed by atoms with E-state index in [1.54, 1.807) is 37.4 Å². The van der Waals surface area contributed by atoms with Crippen molar-refractivity contribution >= 4 is 22.5 Å². The zero-order valence-corrected chi connectivity index (χ0v) is 9.34. The molecular formula is C11H7N5O2. The molecule has 7 nitrogen and oxygen atoms in total. The fourth-order valence-corrected chi connectivity index (χ4v) is 1.39. The Labute approximate surface area is 101 Å². The van der Waals surface area contributed by atoms with Gasteiger partial charge in [-0.15, -0.1) is 0 Å². The molecule has 2 aromatic rings. The standard InChI is InChI=1S/C11H7N5O2/c1-16-9-4-7(14-15-8(5-12)6-13)2-3-10(9)18-11(16)17/h2-4,14H,1H3. The molecule has 18 heavy (non-hydrogen) atoms. The number of nitriles is 2. The molecule has 0 amide bonds. The van der Waals surface area contributed by atoms with Gasteiger partial charge in [-0.3, -0.25) is 9.99 Å². The molecular weight excluding hydrogens is 234 g/mol. The summed E-state index contributed by atoms with van der Waals surface area (Å²) >= 11 is 0. The van der Waals surface area contributed by atoms with Crippen LogP contribution >= 0.6 is 0 Å². The van der Waals surface area contributed by atoms with Gasteiger partial charge >= 0.3 is 5.76 Å². The van der Waals surface area contributed by atoms with Crippen LogP contribution in [0.5, 0.6) is 0 Å². The summed E-state index contributed by atoms with van der Waals surface area (Å²) in [5.74, 6) is -0.458. The number of oxazole rings is 1. The van der Waals surface area contributed by atoms with Crippen LogP contribution < -0.4 is 11.2 Å². The normalized spacial score (nSPS) is 9.50. The second-order valence-corrected chi connectivity index (χ2v) is 3.41. The summed E-state index contributed by atoms with van der Waals surface area (Å²) < 4.78 is 6.31. The molecule has 0 spiro atoms. The van der Waals surface area contributed by atoms with E-state index in [9.17, 15) is 4.79 Å². The van der Waals surface area contributed by atoms with E-state index in [4.69, 9.17) is 14.9 Å². The fourth-order valence-electron chi connectivity index (χ4n) is 1.39. The van der Waals surface area contributed by atoms with Gasteiger partial charge in [-0.25, -0.2) is 4.79 Å². The Morgan fingerprint density at radius 2 is 2.17 bits per heavy atom. The first-order valence-electron chi connectivity index (χ1n) is 4.89. The molecule has 0 fully saturated rings. The number of fused-ring (bicyclic) bond motifs is 1. The topological polar surface area (TPSA) is 107 Å². The Kier molecular flexibility index (Phi) is 2.82. The second-order valence-electron chi connectivity index (χ2n) is 3.41. The maximum absolute atomic E-state index is 11.3. The number of aryl methyl sites for hydroxylation is 1. The summed E-state index contributed by atoms with van der Waals surface area (Å²) in [6.07, 6.45) is 0. The van der Waals surface area contributed by atoms with E-state index in [2.05, 4.69) is 10.5 Å². The van der Waals surface area contributed by atoms with E-state index < -0.39 is 5.76 Å². The monoisotopic (exact) mass is 241 g/mol. The van der Waals surface area contributed by atoms with Gasteiger partial charge < -0.3 is 4.42 Å². The maximum atomic E-state index is 11.3. The number of rotatable bonds is 2. The summed E-state index contributed by atoms with van der Waals surface area (Å²) in [4.78, 5) is 11.3. The van der Waals surface area contributed by atoms with Gasteiger partial charge in [0.25, 0.3) is 0 Å². The van der Waals surface area contributed by atoms with Crippen LogP contribution in [0.1, 0.15) is 0 Å². The first-order chi connectivity index (χ1) is 8.65. The molecule has 1 aromatic heterocycles. The van der Waals surface area contributed by atoms with Crippen molar-refractivity contribution in [2.75, 3.05) is 5.43 Å². The van der Waals surface area contributed by atoms with Crippen LogP contribution in [-0.2, 0) is 7.05 Å². The first kappa shape index (κ1) is 11.4. The van der Waals surface area contributed by atoms with Gasteiger partial charge in [0.1, 0.15) is 12.1 Å². The SMILES string of the molecule is Cn1c(=O)oc2ccc(NN=C(C#N)C#N)cc21. The van der Waals surface area contributed by atoms with Gasteiger partial charge in [0.15, 0.2) is 5.58 Å². The highest BCUT2D eigenvalue weighted by atomic mass is 16.4. The van der Waals surface area contributed by atoms with E-state index in [0.29, 0.717) is 16.8 Å². The van der Waals surface area contributed by atoms with Crippen LogP contribution in [0.2, 0.25) is 0 Å². The van der Waals surface area contributed by atoms with E-state index in [1.807, 2.05) is 0 Å². The van der Waals surface area contributed by atoms with Crippen molar-refractivity contribution in [3.8, 4) is 12.1 Å². The largest absolute Gasteiger partial charge is 0.419 e. The van der Waals surface area contributed by atoms with Crippen LogP contribution in [0.25, 0.3) is 11.1 Å². The molecule has 0 aliphatic carbocycles. The lowest BCUT2D eigenvalue weighted by atomic mass is 10.3. The molecule has 0 bridgehead atoms. The molecule has 1 aromatic carbocycles. The number of nitrogens with one attached hydrogen (secondary N) is 1. The highest BCUT2D eigenvalue weighted by Crippen LogP contribution is 2.17. The predicted octanol–water partition coefficient (Wildman–Crippen LogP) is 0.947. The summed E-state index contributed by atoms with van der Waals surface area (Å²) in [7, 11) is 1.58. The third-order valence-electron chi connectivity index (χ3n) is 2.30. The number of aromatic nitrogens is 1. The quantitative estimate of drug-likeness (QED) is 0.622. The van der Waals surface area contributed by atoms with Crippen LogP contribution in [0.3, 0.4) is 0 Å². The minimum atomic E-state index is -0.458. The Hall–Kier alpha value is -3.06. The molecule has 2 rings (SSSR count). The third-order valence-corrected chi connectivity index (χ3v) is 2.30. The van der Waals surface area contributed by atoms with Crippen molar-refractivity contribution < 1.29 is 4.42 Å². The van der Waals surface area contributed by atoms with Gasteiger partial charge in [0.05, 0.1) is 11.2 Å². The third kappa shape index (κ3) is 1.93. The van der Waals surface area contributed by atoms with Crippen LogP contribution in [-0.4, -0.2) is 10.3 Å². The minimum Gasteiger partial charge on any atom is -0.408 e. The fraction of sp³-hybridized carbons (Fsp3) is 0.0909. The van der Waals surface area contributed by atoms with Gasteiger partial charge in [0.2, 0.25) is 5.71 Å². The Morgan fingerprint density at radius 1 is 1.44 bits per heavy atom. The van der Waals surface area contributed by atoms with E-state index in [-0.39, 0.29) is 5.71 Å². The van der Waals surface area contributed by atoms with Crippen molar-refractivity contribution in [2.24, 2.45) is 12.1 Å². The lowest BCUT2D eigenvalue weighted by Gasteiger charge is -1.99. The van der Waals surface area contributed by atoms with Crippen molar-refractivity contribution in [2.45, 2.75) is 0 Å². The zero-order valence-electron chi connectivity index (χ0n) is 9.34. The van der Waals surface area contributed by atoms with Crippen molar-refractivity contribution in [1.82, 2.24) is 4.57 Å². The molecule has 1 heterocycles. The molecule has 0 saturated carbocycles. The molecule has 88 valence electrons. The highest BCUT2D eigenvalue weighted by Gasteiger charge is 2.06. The van der Waals surface area contributed by atoms with E-state index >= 15 is 0 Å². The molecule has 0 unspecified atom stereocenters. The van der Waals surface area contributed by atoms with E-state index in [1.165, 1.54) is 4.57 Å². The molecule has 1 N–H and O–H groups in total. The van der Waals surface area contributed by atoms with E-state index in [0.717, 1.165) is 0 Å². The van der Waals surface area contributed by atoms with Crippen LogP contribution in [0.4, 0.5) is 5.69 Å². The van der Waals surface area contributed by atoms with Crippen molar-refractivity contribution in [3.63, 3.8) is 0 Å². The minimum absolute atomic E-state index is 0.281. The summed E-state index contributed by atoms with van der Waals surface area (Å²) in [6.45, 7) is 0. The maximum Gasteiger partial charge on any atom is 0.419 e. The number of benzene rings is 1. The Morgan fingerprint density at radius 3 is 2.83 bits per heavy atom. The van der Waals surface area contributed by atoms with Crippen LogP contribution in [0, 0.1) is 22.7 Å². The molecule has 7 heteroatoms. The van der Waals surface area contributed by atoms with Crippen molar-refractivity contribution in [3.05, 3.63) is 28.7 Å². The Bertz CT molecular complexity index is 753. The van der Waals surface area contributed by atoms with Crippen LogP contribution in [0.15, 0.2) is 32.5 Å². The van der Waals surface area contributed by atoms with Crippen molar-refractivity contribution in [1.29, 1.82) is 10.5 Å². The predicted molar refractivity (Wildman–Crippen MR) is 63.7 cm³/mol. The summed E-state index contributed by atoms with van der Waals surface area (Å²) in [6, 6.07) is 8.12. The number of anilines is 1. The summed E-state index contributed by atoms with van der Waals surface area (Å²) in [5, 5.41) is 20.6. The van der Waals surface area contributed by atoms with Gasteiger partial charge in [-0.2, -0.15) is 15.6 Å². The lowest BCUT2D eigenvalue weighted by molar-refractivity contribution is 0.528. The zero-order chi connectivity index (χ0) is 13.1. The van der Waals surface area contributed by atoms with Gasteiger partial charge in [0, 0.05) is 7.05 Å². The van der Waals surface area contributed by atoms with Gasteiger partial charge in [-0.05, 0) is 18.2 Å².